The molecule has 2 unspecified atom stereocenters. The van der Waals surface area contributed by atoms with E-state index < -0.39 is 5.54 Å². The fourth-order valence-corrected chi connectivity index (χ4v) is 4.82. The molecular weight excluding hydrogens is 350 g/mol. The lowest BCUT2D eigenvalue weighted by molar-refractivity contribution is -0.134. The van der Waals surface area contributed by atoms with Crippen molar-refractivity contribution >= 4 is 11.9 Å². The lowest BCUT2D eigenvalue weighted by atomic mass is 9.75. The quantitative estimate of drug-likeness (QED) is 0.328. The second-order valence-electron chi connectivity index (χ2n) is 9.10. The van der Waals surface area contributed by atoms with Crippen LogP contribution >= 0.6 is 0 Å². The molecule has 0 spiro atoms. The summed E-state index contributed by atoms with van der Waals surface area (Å²) in [6.07, 6.45) is 17.1. The Kier molecular flexibility index (Phi) is 9.76. The van der Waals surface area contributed by atoms with Gasteiger partial charge in [-0.3, -0.25) is 10.1 Å². The highest BCUT2D eigenvalue weighted by molar-refractivity contribution is 6.07. The van der Waals surface area contributed by atoms with Crippen LogP contribution in [-0.2, 0) is 4.79 Å². The average Bonchev–Trinajstić information content (AvgIpc) is 2.93. The number of carbonyl (C=O) groups is 2. The van der Waals surface area contributed by atoms with E-state index in [1.54, 1.807) is 0 Å². The molecule has 5 nitrogen and oxygen atoms in total. The van der Waals surface area contributed by atoms with Crippen LogP contribution in [0.4, 0.5) is 4.79 Å². The van der Waals surface area contributed by atoms with Crippen LogP contribution in [0.2, 0.25) is 0 Å². The number of unbranched alkanes of at least 4 members (excludes halogenated alkanes) is 8. The molecule has 2 N–H and O–H groups in total. The summed E-state index contributed by atoms with van der Waals surface area (Å²) < 4.78 is 0. The number of carbonyl (C=O) groups excluding carboxylic acids is 2. The second kappa shape index (κ2) is 11.8. The topological polar surface area (TPSA) is 61.4 Å². The number of nitrogens with zero attached hydrogens (tertiary/aromatic N) is 1. The molecule has 3 amide bonds. The van der Waals surface area contributed by atoms with Crippen molar-refractivity contribution in [2.75, 3.05) is 6.54 Å². The predicted octanol–water partition coefficient (Wildman–Crippen LogP) is 5.34. The average molecular weight is 394 g/mol. The number of imide groups is 1. The Bertz CT molecular complexity index is 490. The highest BCUT2D eigenvalue weighted by Gasteiger charge is 2.53. The lowest BCUT2D eigenvalue weighted by Gasteiger charge is -2.35. The number of amides is 3. The Morgan fingerprint density at radius 2 is 1.57 bits per heavy atom. The van der Waals surface area contributed by atoms with Gasteiger partial charge < -0.3 is 5.32 Å². The zero-order valence-electron chi connectivity index (χ0n) is 18.5. The Labute approximate surface area is 172 Å². The molecule has 0 bridgehead atoms. The Morgan fingerprint density at radius 3 is 2.18 bits per heavy atom. The van der Waals surface area contributed by atoms with E-state index in [1.807, 2.05) is 13.8 Å². The maximum Gasteiger partial charge on any atom is 0.326 e. The van der Waals surface area contributed by atoms with Crippen molar-refractivity contribution in [1.29, 1.82) is 0 Å². The van der Waals surface area contributed by atoms with E-state index in [0.29, 0.717) is 0 Å². The van der Waals surface area contributed by atoms with Crippen LogP contribution in [0, 0.1) is 5.92 Å². The minimum absolute atomic E-state index is 0.0449. The predicted molar refractivity (Wildman–Crippen MR) is 115 cm³/mol. The number of hydrogen-bond acceptors (Lipinski definition) is 3. The smallest absolute Gasteiger partial charge is 0.323 e. The molecule has 0 aromatic carbocycles. The molecule has 5 heteroatoms. The highest BCUT2D eigenvalue weighted by atomic mass is 16.2. The molecule has 0 aromatic rings. The number of nitrogens with one attached hydrogen (secondary N) is 2. The molecule has 2 fully saturated rings. The maximum absolute atomic E-state index is 13.1. The van der Waals surface area contributed by atoms with Crippen molar-refractivity contribution in [2.45, 2.75) is 122 Å². The van der Waals surface area contributed by atoms with Gasteiger partial charge >= 0.3 is 6.03 Å². The molecule has 1 heterocycles. The van der Waals surface area contributed by atoms with Crippen molar-refractivity contribution in [3.8, 4) is 0 Å². The minimum atomic E-state index is -0.717. The van der Waals surface area contributed by atoms with Gasteiger partial charge in [0.25, 0.3) is 5.91 Å². The Balaban J connectivity index is 1.66. The summed E-state index contributed by atoms with van der Waals surface area (Å²) in [5.41, 5.74) is -0.717. The first-order valence-electron chi connectivity index (χ1n) is 11.9. The van der Waals surface area contributed by atoms with Gasteiger partial charge in [-0.2, -0.15) is 0 Å². The largest absolute Gasteiger partial charge is 0.326 e. The van der Waals surface area contributed by atoms with E-state index in [0.717, 1.165) is 38.6 Å². The van der Waals surface area contributed by atoms with E-state index in [9.17, 15) is 9.59 Å². The fourth-order valence-electron chi connectivity index (χ4n) is 4.82. The maximum atomic E-state index is 13.1. The van der Waals surface area contributed by atoms with Gasteiger partial charge in [0.2, 0.25) is 0 Å². The highest BCUT2D eigenvalue weighted by Crippen LogP contribution is 2.36. The molecule has 0 aromatic heterocycles. The first-order chi connectivity index (χ1) is 13.5. The van der Waals surface area contributed by atoms with Crippen LogP contribution < -0.4 is 10.6 Å². The third-order valence-electron chi connectivity index (χ3n) is 6.78. The molecule has 1 saturated heterocycles. The number of urea groups is 1. The van der Waals surface area contributed by atoms with E-state index in [-0.39, 0.29) is 24.0 Å². The zero-order chi connectivity index (χ0) is 20.4. The molecule has 28 heavy (non-hydrogen) atoms. The third-order valence-corrected chi connectivity index (χ3v) is 6.78. The number of hydrogen-bond donors (Lipinski definition) is 2. The van der Waals surface area contributed by atoms with Gasteiger partial charge in [-0.05, 0) is 45.6 Å². The second-order valence-corrected chi connectivity index (χ2v) is 9.10. The Hall–Kier alpha value is -1.10. The van der Waals surface area contributed by atoms with Crippen molar-refractivity contribution in [2.24, 2.45) is 5.92 Å². The molecule has 0 radical (unpaired) electrons. The molecule has 2 aliphatic rings. The molecule has 1 aliphatic carbocycles. The van der Waals surface area contributed by atoms with Crippen molar-refractivity contribution < 1.29 is 9.59 Å². The van der Waals surface area contributed by atoms with Gasteiger partial charge in [-0.1, -0.05) is 77.6 Å². The summed E-state index contributed by atoms with van der Waals surface area (Å²) >= 11 is 0. The fraction of sp³-hybridized carbons (Fsp3) is 0.913. The summed E-state index contributed by atoms with van der Waals surface area (Å²) in [6.45, 7) is 6.96. The van der Waals surface area contributed by atoms with Gasteiger partial charge in [-0.25, -0.2) is 9.69 Å². The molecule has 2 atom stereocenters. The van der Waals surface area contributed by atoms with Crippen LogP contribution in [-0.4, -0.2) is 35.1 Å². The lowest BCUT2D eigenvalue weighted by Crippen LogP contribution is -2.53. The van der Waals surface area contributed by atoms with Crippen LogP contribution in [0.5, 0.6) is 0 Å². The van der Waals surface area contributed by atoms with Gasteiger partial charge in [0.05, 0.1) is 6.17 Å². The van der Waals surface area contributed by atoms with Gasteiger partial charge in [0.15, 0.2) is 0 Å². The summed E-state index contributed by atoms with van der Waals surface area (Å²) in [6, 6.07) is -0.231. The molecular formula is C23H43N3O2. The van der Waals surface area contributed by atoms with Crippen LogP contribution in [0.25, 0.3) is 0 Å². The first kappa shape index (κ1) is 23.2. The molecule has 1 aliphatic heterocycles. The summed E-state index contributed by atoms with van der Waals surface area (Å²) in [7, 11) is 0. The van der Waals surface area contributed by atoms with Gasteiger partial charge in [0.1, 0.15) is 5.54 Å². The van der Waals surface area contributed by atoms with E-state index in [4.69, 9.17) is 0 Å². The van der Waals surface area contributed by atoms with Crippen molar-refractivity contribution in [3.63, 3.8) is 0 Å². The van der Waals surface area contributed by atoms with E-state index in [1.165, 1.54) is 62.7 Å². The Morgan fingerprint density at radius 1 is 1.00 bits per heavy atom. The van der Waals surface area contributed by atoms with Gasteiger partial charge in [-0.15, -0.1) is 0 Å². The monoisotopic (exact) mass is 393 g/mol. The van der Waals surface area contributed by atoms with Crippen LogP contribution in [0.3, 0.4) is 0 Å². The third kappa shape index (κ3) is 6.20. The first-order valence-corrected chi connectivity index (χ1v) is 11.9. The van der Waals surface area contributed by atoms with E-state index >= 15 is 0 Å². The standard InChI is InChI=1S/C23H43N3O2/c1-4-5-6-7-8-9-10-11-15-18-24-19(2)26-21(27)23(3,25-22(26)28)20-16-13-12-14-17-20/h19-20,24H,4-18H2,1-3H3,(H,25,28). The summed E-state index contributed by atoms with van der Waals surface area (Å²) in [4.78, 5) is 27.0. The van der Waals surface area contributed by atoms with Crippen LogP contribution in [0.1, 0.15) is 111 Å². The molecule has 2 rings (SSSR count). The van der Waals surface area contributed by atoms with Gasteiger partial charge in [0, 0.05) is 0 Å². The van der Waals surface area contributed by atoms with E-state index in [2.05, 4.69) is 17.6 Å². The van der Waals surface area contributed by atoms with Crippen molar-refractivity contribution in [1.82, 2.24) is 15.5 Å². The summed E-state index contributed by atoms with van der Waals surface area (Å²) in [5.74, 6) is 0.226. The number of rotatable bonds is 13. The zero-order valence-corrected chi connectivity index (χ0v) is 18.5. The normalized spacial score (nSPS) is 24.6. The van der Waals surface area contributed by atoms with Crippen molar-refractivity contribution in [3.05, 3.63) is 0 Å². The summed E-state index contributed by atoms with van der Waals surface area (Å²) in [5, 5.41) is 6.41. The molecule has 1 saturated carbocycles. The minimum Gasteiger partial charge on any atom is -0.323 e. The van der Waals surface area contributed by atoms with Crippen LogP contribution in [0.15, 0.2) is 0 Å². The SMILES string of the molecule is CCCCCCCCCCCNC(C)N1C(=O)NC(C)(C2CCCCC2)C1=O. The molecule has 162 valence electrons.